The molecule has 306 valence electrons. The smallest absolute Gasteiger partial charge is 0.135 e. The molecule has 1 aliphatic heterocycles. The van der Waals surface area contributed by atoms with Crippen LogP contribution in [-0.4, -0.2) is 9.55 Å². The topological polar surface area (TPSA) is 33.5 Å². The van der Waals surface area contributed by atoms with E-state index in [0.29, 0.717) is 11.5 Å². The predicted molar refractivity (Wildman–Crippen MR) is 245 cm³/mol. The van der Waals surface area contributed by atoms with E-state index in [1.807, 2.05) is 24.4 Å². The second-order valence-corrected chi connectivity index (χ2v) is 18.0. The Kier molecular flexibility index (Phi) is 10.8. The normalized spacial score (nSPS) is 13.9. The van der Waals surface area contributed by atoms with Crippen LogP contribution in [0.15, 0.2) is 146 Å². The van der Waals surface area contributed by atoms with Gasteiger partial charge in [0.2, 0.25) is 0 Å². The molecule has 1 atom stereocenters. The van der Waals surface area contributed by atoms with Crippen molar-refractivity contribution in [3.05, 3.63) is 187 Å². The maximum Gasteiger partial charge on any atom is 0.135 e. The summed E-state index contributed by atoms with van der Waals surface area (Å²) in [6, 6.07) is 56.8. The number of nitrogens with zero attached hydrogens (tertiary/aromatic N) is 4. The molecule has 0 radical (unpaired) electrons. The number of hydrogen-bond donors (Lipinski definition) is 0. The van der Waals surface area contributed by atoms with E-state index in [-0.39, 0.29) is 37.3 Å². The molecule has 9 rings (SSSR count). The summed E-state index contributed by atoms with van der Waals surface area (Å²) < 4.78 is 8.81. The molecule has 0 saturated carbocycles. The predicted octanol–water partition coefficient (Wildman–Crippen LogP) is 14.3. The van der Waals surface area contributed by atoms with Crippen molar-refractivity contribution in [2.45, 2.75) is 78.1 Å². The molecule has 5 nitrogen and oxygen atoms in total. The molecular formula is C54H51N4OPt-3. The molecular weight excluding hydrogens is 916 g/mol. The number of anilines is 4. The number of rotatable bonds is 8. The molecule has 8 aromatic rings. The summed E-state index contributed by atoms with van der Waals surface area (Å²) in [5.41, 5.74) is 11.1. The molecule has 0 N–H and O–H groups in total. The van der Waals surface area contributed by atoms with Gasteiger partial charge in [0, 0.05) is 66.8 Å². The van der Waals surface area contributed by atoms with Gasteiger partial charge in [-0.2, -0.15) is 12.1 Å². The maximum atomic E-state index is 6.61. The van der Waals surface area contributed by atoms with Crippen LogP contribution in [0.3, 0.4) is 0 Å². The van der Waals surface area contributed by atoms with Gasteiger partial charge < -0.3 is 19.1 Å². The monoisotopic (exact) mass is 966 g/mol. The summed E-state index contributed by atoms with van der Waals surface area (Å²) in [5, 5.41) is 2.24. The van der Waals surface area contributed by atoms with Crippen molar-refractivity contribution in [1.82, 2.24) is 9.55 Å². The van der Waals surface area contributed by atoms with Gasteiger partial charge in [0.1, 0.15) is 5.82 Å². The first-order valence-electron chi connectivity index (χ1n) is 20.7. The second-order valence-electron chi connectivity index (χ2n) is 18.0. The van der Waals surface area contributed by atoms with Gasteiger partial charge >= 0.3 is 0 Å². The van der Waals surface area contributed by atoms with Crippen LogP contribution in [0.4, 0.5) is 22.7 Å². The Morgan fingerprint density at radius 3 is 1.98 bits per heavy atom. The van der Waals surface area contributed by atoms with Gasteiger partial charge in [0.15, 0.2) is 0 Å². The number of fused-ring (bicyclic) bond motifs is 4. The molecule has 60 heavy (non-hydrogen) atoms. The van der Waals surface area contributed by atoms with Crippen LogP contribution in [0, 0.1) is 18.8 Å². The fourth-order valence-corrected chi connectivity index (χ4v) is 8.33. The molecule has 0 spiro atoms. The van der Waals surface area contributed by atoms with E-state index in [4.69, 9.17) is 9.72 Å². The largest absolute Gasteiger partial charge is 0.509 e. The Bertz CT molecular complexity index is 2830. The maximum absolute atomic E-state index is 6.61. The first-order valence-corrected chi connectivity index (χ1v) is 20.7. The Hall–Kier alpha value is -5.64. The van der Waals surface area contributed by atoms with Crippen LogP contribution in [0.2, 0.25) is 0 Å². The molecule has 0 saturated heterocycles. The Morgan fingerprint density at radius 1 is 0.583 bits per heavy atom. The SMILES string of the molecule is CCC(C)(c1ccccc1)c1cc(N2[CH-]N(c3[c-]c(Oc4[c-]c5c(cc4)c4ccccc4n5-c4cc(C(C)(C)C)ccn4)ccc3)c3ccccc32)cc(C(C)(C)C)c1.[Pt]. The van der Waals surface area contributed by atoms with E-state index in [2.05, 4.69) is 210 Å². The van der Waals surface area contributed by atoms with Crippen LogP contribution in [0.25, 0.3) is 27.6 Å². The van der Waals surface area contributed by atoms with Crippen molar-refractivity contribution in [2.24, 2.45) is 0 Å². The minimum Gasteiger partial charge on any atom is -0.509 e. The number of para-hydroxylation sites is 3. The van der Waals surface area contributed by atoms with Crippen LogP contribution in [0.1, 0.15) is 84.1 Å². The molecule has 6 aromatic carbocycles. The molecule has 0 aliphatic carbocycles. The van der Waals surface area contributed by atoms with Gasteiger partial charge in [0.25, 0.3) is 0 Å². The summed E-state index contributed by atoms with van der Waals surface area (Å²) in [6.07, 6.45) is 2.88. The molecule has 2 aromatic heterocycles. The molecule has 0 fully saturated rings. The first kappa shape index (κ1) is 41.1. The van der Waals surface area contributed by atoms with E-state index >= 15 is 0 Å². The minimum atomic E-state index is -0.156. The Morgan fingerprint density at radius 2 is 1.25 bits per heavy atom. The number of hydrogen-bond acceptors (Lipinski definition) is 4. The van der Waals surface area contributed by atoms with Crippen molar-refractivity contribution in [1.29, 1.82) is 0 Å². The van der Waals surface area contributed by atoms with E-state index in [0.717, 1.165) is 56.8 Å². The molecule has 0 amide bonds. The van der Waals surface area contributed by atoms with Gasteiger partial charge in [0.05, 0.1) is 0 Å². The molecule has 0 bridgehead atoms. The van der Waals surface area contributed by atoms with Gasteiger partial charge in [-0.1, -0.05) is 128 Å². The zero-order valence-corrected chi connectivity index (χ0v) is 37.9. The zero-order valence-electron chi connectivity index (χ0n) is 35.7. The molecule has 6 heteroatoms. The second kappa shape index (κ2) is 15.8. The van der Waals surface area contributed by atoms with Crippen molar-refractivity contribution < 1.29 is 25.8 Å². The molecule has 1 unspecified atom stereocenters. The quantitative estimate of drug-likeness (QED) is 0.142. The Balaban J connectivity index is 0.00000499. The zero-order chi connectivity index (χ0) is 41.1. The first-order chi connectivity index (χ1) is 28.3. The third-order valence-corrected chi connectivity index (χ3v) is 12.1. The Labute approximate surface area is 369 Å². The fourth-order valence-electron chi connectivity index (χ4n) is 8.33. The van der Waals surface area contributed by atoms with E-state index < -0.39 is 0 Å². The van der Waals surface area contributed by atoms with Crippen LogP contribution in [0.5, 0.6) is 11.5 Å². The van der Waals surface area contributed by atoms with Crippen LogP contribution < -0.4 is 14.5 Å². The molecule has 3 heterocycles. The number of benzene rings is 6. The van der Waals surface area contributed by atoms with E-state index in [1.165, 1.54) is 22.3 Å². The summed E-state index contributed by atoms with van der Waals surface area (Å²) in [6.45, 7) is 20.4. The van der Waals surface area contributed by atoms with Crippen molar-refractivity contribution >= 4 is 44.6 Å². The average molecular weight is 967 g/mol. The number of pyridine rings is 1. The van der Waals surface area contributed by atoms with Crippen LogP contribution in [-0.2, 0) is 37.3 Å². The fraction of sp³-hybridized carbons (Fsp3) is 0.222. The number of ether oxygens (including phenoxy) is 1. The summed E-state index contributed by atoms with van der Waals surface area (Å²) in [5.74, 6) is 2.08. The standard InChI is InChI=1S/C54H51N4O.Pt/c1-9-54(8,37-18-11-10-12-19-37)40-30-39(53(5,6)7)31-42(32-40)57-36-56(48-24-15-16-25-49(48)57)41-20-17-21-43(34-41)59-44-26-27-46-45-22-13-14-23-47(45)58(50(46)35-44)51-33-38(28-29-55-51)52(2,3)4;/h10-33,36H,9H2,1-8H3;/q-3;. The third kappa shape index (κ3) is 7.43. The summed E-state index contributed by atoms with van der Waals surface area (Å²) in [4.78, 5) is 9.37. The van der Waals surface area contributed by atoms with Crippen molar-refractivity contribution in [2.75, 3.05) is 9.80 Å². The minimum absolute atomic E-state index is 0. The van der Waals surface area contributed by atoms with Gasteiger partial charge in [-0.3, -0.25) is 0 Å². The summed E-state index contributed by atoms with van der Waals surface area (Å²) >= 11 is 0. The summed E-state index contributed by atoms with van der Waals surface area (Å²) in [7, 11) is 0. The van der Waals surface area contributed by atoms with E-state index in [9.17, 15) is 0 Å². The third-order valence-electron chi connectivity index (χ3n) is 12.1. The van der Waals surface area contributed by atoms with Crippen molar-refractivity contribution in [3.8, 4) is 17.3 Å². The van der Waals surface area contributed by atoms with Gasteiger partial charge in [-0.15, -0.1) is 48.1 Å². The van der Waals surface area contributed by atoms with Crippen LogP contribution >= 0.6 is 0 Å². The molecule has 1 aliphatic rings. The average Bonchev–Trinajstić information content (AvgIpc) is 3.79. The van der Waals surface area contributed by atoms with Gasteiger partial charge in [-0.25, -0.2) is 4.98 Å². The number of aromatic nitrogens is 2. The van der Waals surface area contributed by atoms with Crippen molar-refractivity contribution in [3.63, 3.8) is 0 Å². The van der Waals surface area contributed by atoms with E-state index in [1.54, 1.807) is 0 Å². The van der Waals surface area contributed by atoms with Gasteiger partial charge in [-0.05, 0) is 87.4 Å².